The number of nitrogens with one attached hydrogen (secondary N) is 2. The topological polar surface area (TPSA) is 92.8 Å². The van der Waals surface area contributed by atoms with E-state index in [1.807, 2.05) is 0 Å². The molecule has 20 heavy (non-hydrogen) atoms. The van der Waals surface area contributed by atoms with Crippen LogP contribution >= 0.6 is 0 Å². The molecule has 2 N–H and O–H groups in total. The number of aromatic nitrogens is 4. The Labute approximate surface area is 110 Å². The Bertz CT molecular complexity index is 585. The highest BCUT2D eigenvalue weighted by Gasteiger charge is 2.40. The van der Waals surface area contributed by atoms with Crippen LogP contribution in [0.2, 0.25) is 0 Å². The lowest BCUT2D eigenvalue weighted by Gasteiger charge is -2.07. The molecule has 2 aromatic heterocycles. The number of H-pyrrole nitrogens is 1. The van der Waals surface area contributed by atoms with Gasteiger partial charge in [-0.25, -0.2) is 9.78 Å². The second-order valence-corrected chi connectivity index (χ2v) is 3.55. The van der Waals surface area contributed by atoms with Gasteiger partial charge in [0, 0.05) is 12.3 Å². The van der Waals surface area contributed by atoms with E-state index in [0.717, 1.165) is 0 Å². The van der Waals surface area contributed by atoms with Gasteiger partial charge in [-0.15, -0.1) is 0 Å². The van der Waals surface area contributed by atoms with Crippen molar-refractivity contribution in [3.63, 3.8) is 0 Å². The van der Waals surface area contributed by atoms with Gasteiger partial charge >= 0.3 is 12.1 Å². The predicted octanol–water partition coefficient (Wildman–Crippen LogP) is 1.55. The van der Waals surface area contributed by atoms with Gasteiger partial charge in [0.2, 0.25) is 0 Å². The average Bonchev–Trinajstić information content (AvgIpc) is 2.88. The fraction of sp³-hybridized carbons (Fsp3) is 0.200. The third-order valence-electron chi connectivity index (χ3n) is 2.02. The maximum atomic E-state index is 11.9. The molecule has 0 unspecified atom stereocenters. The Balaban J connectivity index is 1.98. The minimum absolute atomic E-state index is 0.0723. The van der Waals surface area contributed by atoms with Gasteiger partial charge in [-0.3, -0.25) is 10.1 Å². The van der Waals surface area contributed by atoms with Gasteiger partial charge in [0.1, 0.15) is 6.61 Å². The fourth-order valence-electron chi connectivity index (χ4n) is 1.22. The highest BCUT2D eigenvalue weighted by molar-refractivity contribution is 5.75. The van der Waals surface area contributed by atoms with Gasteiger partial charge in [0.15, 0.2) is 11.6 Å². The van der Waals surface area contributed by atoms with Crippen molar-refractivity contribution in [1.82, 2.24) is 20.2 Å². The highest BCUT2D eigenvalue weighted by atomic mass is 19.4. The van der Waals surface area contributed by atoms with Crippen molar-refractivity contribution in [1.29, 1.82) is 0 Å². The van der Waals surface area contributed by atoms with Crippen molar-refractivity contribution in [2.75, 3.05) is 5.32 Å². The molecule has 0 spiro atoms. The molecule has 0 saturated heterocycles. The van der Waals surface area contributed by atoms with Crippen LogP contribution in [0.4, 0.5) is 24.8 Å². The van der Waals surface area contributed by atoms with Gasteiger partial charge < -0.3 is 10.1 Å². The Kier molecular flexibility index (Phi) is 3.82. The molecule has 0 aliphatic carbocycles. The lowest BCUT2D eigenvalue weighted by atomic mass is 10.4. The Morgan fingerprint density at radius 3 is 2.80 bits per heavy atom. The molecule has 2 heterocycles. The average molecular weight is 287 g/mol. The van der Waals surface area contributed by atoms with E-state index in [4.69, 9.17) is 0 Å². The molecule has 2 rings (SSSR count). The van der Waals surface area contributed by atoms with Crippen LogP contribution in [0.1, 0.15) is 5.69 Å². The molecule has 0 aliphatic rings. The predicted molar refractivity (Wildman–Crippen MR) is 59.8 cm³/mol. The number of hydrogen-bond acceptors (Lipinski definition) is 6. The van der Waals surface area contributed by atoms with Crippen LogP contribution in [-0.4, -0.2) is 32.3 Å². The van der Waals surface area contributed by atoms with E-state index in [1.165, 1.54) is 12.4 Å². The van der Waals surface area contributed by atoms with Gasteiger partial charge in [0.05, 0.1) is 18.1 Å². The highest BCUT2D eigenvalue weighted by Crippen LogP contribution is 2.17. The monoisotopic (exact) mass is 287 g/mol. The first kappa shape index (κ1) is 13.8. The largest absolute Gasteiger partial charge is 0.490 e. The second kappa shape index (κ2) is 5.55. The molecule has 106 valence electrons. The number of alkyl halides is 3. The molecule has 0 bridgehead atoms. The van der Waals surface area contributed by atoms with Gasteiger partial charge in [-0.2, -0.15) is 18.3 Å². The van der Waals surface area contributed by atoms with Crippen LogP contribution < -0.4 is 5.32 Å². The molecule has 10 heteroatoms. The first-order valence-electron chi connectivity index (χ1n) is 5.27. The zero-order chi connectivity index (χ0) is 14.6. The molecule has 0 saturated carbocycles. The van der Waals surface area contributed by atoms with Crippen LogP contribution in [0.25, 0.3) is 0 Å². The SMILES string of the molecule is O=C(OCc1cncc(Nc2cc[nH]n2)n1)C(F)(F)F. The molecule has 0 amide bonds. The molecule has 7 nitrogen and oxygen atoms in total. The van der Waals surface area contributed by atoms with E-state index in [-0.39, 0.29) is 11.5 Å². The van der Waals surface area contributed by atoms with Crippen molar-refractivity contribution >= 4 is 17.6 Å². The molecule has 0 atom stereocenters. The Morgan fingerprint density at radius 1 is 1.35 bits per heavy atom. The molecule has 0 fully saturated rings. The number of anilines is 2. The number of carbonyl (C=O) groups excluding carboxylic acids is 1. The summed E-state index contributed by atoms with van der Waals surface area (Å²) in [5, 5.41) is 9.14. The van der Waals surface area contributed by atoms with Crippen molar-refractivity contribution in [3.05, 3.63) is 30.4 Å². The molecule has 0 radical (unpaired) electrons. The maximum Gasteiger partial charge on any atom is 0.490 e. The Hall–Kier alpha value is -2.65. The molecule has 0 aliphatic heterocycles. The summed E-state index contributed by atoms with van der Waals surface area (Å²) < 4.78 is 39.9. The van der Waals surface area contributed by atoms with E-state index < -0.39 is 18.8 Å². The zero-order valence-electron chi connectivity index (χ0n) is 9.81. The lowest BCUT2D eigenvalue weighted by molar-refractivity contribution is -0.201. The summed E-state index contributed by atoms with van der Waals surface area (Å²) >= 11 is 0. The van der Waals surface area contributed by atoms with E-state index in [9.17, 15) is 18.0 Å². The number of hydrogen-bond donors (Lipinski definition) is 2. The van der Waals surface area contributed by atoms with Crippen molar-refractivity contribution < 1.29 is 22.7 Å². The first-order chi connectivity index (χ1) is 9.45. The third-order valence-corrected chi connectivity index (χ3v) is 2.02. The number of halogens is 3. The summed E-state index contributed by atoms with van der Waals surface area (Å²) in [7, 11) is 0. The Morgan fingerprint density at radius 2 is 2.15 bits per heavy atom. The van der Waals surface area contributed by atoms with Gasteiger partial charge in [-0.1, -0.05) is 0 Å². The summed E-state index contributed by atoms with van der Waals surface area (Å²) in [5.41, 5.74) is 0.0723. The second-order valence-electron chi connectivity index (χ2n) is 3.55. The number of aromatic amines is 1. The van der Waals surface area contributed by atoms with E-state index >= 15 is 0 Å². The summed E-state index contributed by atoms with van der Waals surface area (Å²) in [6, 6.07) is 1.62. The molecular weight excluding hydrogens is 279 g/mol. The van der Waals surface area contributed by atoms with Crippen LogP contribution in [0.3, 0.4) is 0 Å². The maximum absolute atomic E-state index is 11.9. The van der Waals surface area contributed by atoms with Gasteiger partial charge in [-0.05, 0) is 0 Å². The minimum Gasteiger partial charge on any atom is -0.452 e. The first-order valence-corrected chi connectivity index (χ1v) is 5.27. The lowest BCUT2D eigenvalue weighted by Crippen LogP contribution is -2.25. The van der Waals surface area contributed by atoms with Crippen molar-refractivity contribution in [2.24, 2.45) is 0 Å². The van der Waals surface area contributed by atoms with Crippen molar-refractivity contribution in [3.8, 4) is 0 Å². The van der Waals surface area contributed by atoms with Crippen LogP contribution in [0.15, 0.2) is 24.7 Å². The molecular formula is C10H8F3N5O2. The summed E-state index contributed by atoms with van der Waals surface area (Å²) in [4.78, 5) is 18.3. The van der Waals surface area contributed by atoms with Crippen LogP contribution in [0.5, 0.6) is 0 Å². The van der Waals surface area contributed by atoms with Crippen LogP contribution in [0, 0.1) is 0 Å². The number of esters is 1. The minimum atomic E-state index is -5.03. The summed E-state index contributed by atoms with van der Waals surface area (Å²) in [6.45, 7) is -0.624. The number of nitrogens with zero attached hydrogens (tertiary/aromatic N) is 3. The number of carbonyl (C=O) groups is 1. The van der Waals surface area contributed by atoms with E-state index in [0.29, 0.717) is 5.82 Å². The van der Waals surface area contributed by atoms with E-state index in [2.05, 4.69) is 30.2 Å². The normalized spacial score (nSPS) is 11.2. The molecule has 0 aromatic carbocycles. The smallest absolute Gasteiger partial charge is 0.452 e. The van der Waals surface area contributed by atoms with Crippen molar-refractivity contribution in [2.45, 2.75) is 12.8 Å². The summed E-state index contributed by atoms with van der Waals surface area (Å²) in [5.74, 6) is -1.55. The molecule has 2 aromatic rings. The third kappa shape index (κ3) is 3.67. The fourth-order valence-corrected chi connectivity index (χ4v) is 1.22. The zero-order valence-corrected chi connectivity index (χ0v) is 9.81. The number of ether oxygens (including phenoxy) is 1. The standard InChI is InChI=1S/C10H8F3N5O2/c11-10(12,13)9(19)20-5-6-3-14-4-8(16-6)17-7-1-2-15-18-7/h1-4H,5H2,(H2,15,16,17,18). The van der Waals surface area contributed by atoms with E-state index in [1.54, 1.807) is 12.3 Å². The quantitative estimate of drug-likeness (QED) is 0.829. The van der Waals surface area contributed by atoms with Crippen LogP contribution in [-0.2, 0) is 16.1 Å². The summed E-state index contributed by atoms with van der Waals surface area (Å²) in [6.07, 6.45) is -0.911. The van der Waals surface area contributed by atoms with Gasteiger partial charge in [0.25, 0.3) is 0 Å². The number of rotatable bonds is 4.